The third-order valence-electron chi connectivity index (χ3n) is 5.29. The van der Waals surface area contributed by atoms with Crippen molar-refractivity contribution in [1.82, 2.24) is 4.90 Å². The van der Waals surface area contributed by atoms with Gasteiger partial charge in [-0.15, -0.1) is 0 Å². The van der Waals surface area contributed by atoms with Gasteiger partial charge in [0, 0.05) is 10.0 Å². The van der Waals surface area contributed by atoms with E-state index in [1.165, 1.54) is 19.2 Å². The molecule has 1 saturated heterocycles. The van der Waals surface area contributed by atoms with E-state index in [0.717, 1.165) is 10.5 Å². The van der Waals surface area contributed by atoms with Crippen molar-refractivity contribution in [3.8, 4) is 5.75 Å². The van der Waals surface area contributed by atoms with E-state index in [2.05, 4.69) is 15.9 Å². The molecule has 1 aliphatic rings. The molecule has 1 heterocycles. The van der Waals surface area contributed by atoms with Gasteiger partial charge < -0.3 is 9.84 Å². The molecule has 0 radical (unpaired) electrons. The van der Waals surface area contributed by atoms with Gasteiger partial charge in [-0.3, -0.25) is 9.69 Å². The van der Waals surface area contributed by atoms with Gasteiger partial charge in [0.25, 0.3) is 0 Å². The highest BCUT2D eigenvalue weighted by Crippen LogP contribution is 2.43. The van der Waals surface area contributed by atoms with Crippen LogP contribution in [0, 0.1) is 5.92 Å². The molecule has 8 heteroatoms. The van der Waals surface area contributed by atoms with Crippen LogP contribution in [0.4, 0.5) is 13.2 Å². The number of nitrogens with zero attached hydrogens (tertiary/aromatic N) is 1. The van der Waals surface area contributed by atoms with E-state index in [4.69, 9.17) is 4.74 Å². The summed E-state index contributed by atoms with van der Waals surface area (Å²) in [5.74, 6) is -0.860. The van der Waals surface area contributed by atoms with Crippen LogP contribution >= 0.6 is 15.9 Å². The van der Waals surface area contributed by atoms with Gasteiger partial charge in [0.1, 0.15) is 5.75 Å². The molecule has 0 aliphatic carbocycles. The number of aliphatic carboxylic acids is 1. The lowest BCUT2D eigenvalue weighted by atomic mass is 9.88. The molecule has 156 valence electrons. The number of methoxy groups -OCH3 is 1. The first kappa shape index (κ1) is 21.6. The van der Waals surface area contributed by atoms with Crippen LogP contribution in [-0.2, 0) is 11.0 Å². The Hall–Kier alpha value is -2.06. The van der Waals surface area contributed by atoms with Crippen LogP contribution in [0.15, 0.2) is 46.9 Å². The molecular formula is C21H21BrF3NO3. The van der Waals surface area contributed by atoms with Crippen molar-refractivity contribution in [2.45, 2.75) is 25.1 Å². The van der Waals surface area contributed by atoms with Crippen LogP contribution in [0.2, 0.25) is 0 Å². The van der Waals surface area contributed by atoms with Crippen molar-refractivity contribution in [2.75, 3.05) is 20.2 Å². The van der Waals surface area contributed by atoms with Crippen LogP contribution in [0.5, 0.6) is 5.75 Å². The largest absolute Gasteiger partial charge is 0.496 e. The van der Waals surface area contributed by atoms with Gasteiger partial charge in [0.05, 0.1) is 24.6 Å². The number of hydrogen-bond donors (Lipinski definition) is 1. The number of carboxylic acids is 1. The van der Waals surface area contributed by atoms with Crippen molar-refractivity contribution in [2.24, 2.45) is 5.92 Å². The Bertz CT molecular complexity index is 880. The summed E-state index contributed by atoms with van der Waals surface area (Å²) in [7, 11) is 1.48. The highest BCUT2D eigenvalue weighted by molar-refractivity contribution is 9.10. The fraction of sp³-hybridized carbons (Fsp3) is 0.381. The van der Waals surface area contributed by atoms with E-state index >= 15 is 0 Å². The molecule has 0 saturated carbocycles. The number of alkyl halides is 3. The van der Waals surface area contributed by atoms with Crippen LogP contribution in [0.3, 0.4) is 0 Å². The van der Waals surface area contributed by atoms with Crippen molar-refractivity contribution in [1.29, 1.82) is 0 Å². The van der Waals surface area contributed by atoms with Crippen LogP contribution in [0.25, 0.3) is 0 Å². The SMILES string of the molecule is COc1ccc(Br)cc1C(c1ccccc1C(F)(F)F)N1CCC(C(=O)O)CC1. The second-order valence-electron chi connectivity index (χ2n) is 7.02. The Labute approximate surface area is 175 Å². The number of ether oxygens (including phenoxy) is 1. The topological polar surface area (TPSA) is 49.8 Å². The lowest BCUT2D eigenvalue weighted by Crippen LogP contribution is -2.40. The molecule has 0 aromatic heterocycles. The molecule has 0 spiro atoms. The summed E-state index contributed by atoms with van der Waals surface area (Å²) in [6, 6.07) is 10.1. The molecule has 1 fully saturated rings. The van der Waals surface area contributed by atoms with E-state index in [0.29, 0.717) is 37.2 Å². The van der Waals surface area contributed by atoms with E-state index < -0.39 is 29.7 Å². The number of piperidine rings is 1. The van der Waals surface area contributed by atoms with Gasteiger partial charge >= 0.3 is 12.1 Å². The molecule has 4 nitrogen and oxygen atoms in total. The Balaban J connectivity index is 2.12. The zero-order chi connectivity index (χ0) is 21.2. The first-order valence-corrected chi connectivity index (χ1v) is 9.98. The van der Waals surface area contributed by atoms with Crippen LogP contribution in [0.1, 0.15) is 35.6 Å². The van der Waals surface area contributed by atoms with Crippen molar-refractivity contribution in [3.05, 3.63) is 63.6 Å². The quantitative estimate of drug-likeness (QED) is 0.637. The summed E-state index contributed by atoms with van der Waals surface area (Å²) >= 11 is 3.40. The lowest BCUT2D eigenvalue weighted by molar-refractivity contribution is -0.143. The smallest absolute Gasteiger partial charge is 0.416 e. The Morgan fingerprint density at radius 2 is 1.83 bits per heavy atom. The highest BCUT2D eigenvalue weighted by atomic mass is 79.9. The first-order chi connectivity index (χ1) is 13.7. The third kappa shape index (κ3) is 4.75. The van der Waals surface area contributed by atoms with E-state index in [9.17, 15) is 23.1 Å². The second kappa shape index (κ2) is 8.75. The van der Waals surface area contributed by atoms with Gasteiger partial charge in [-0.25, -0.2) is 0 Å². The fourth-order valence-corrected chi connectivity index (χ4v) is 4.26. The molecule has 1 aliphatic heterocycles. The molecule has 1 unspecified atom stereocenters. The fourth-order valence-electron chi connectivity index (χ4n) is 3.88. The molecule has 29 heavy (non-hydrogen) atoms. The number of halogens is 4. The lowest BCUT2D eigenvalue weighted by Gasteiger charge is -2.38. The van der Waals surface area contributed by atoms with Crippen molar-refractivity contribution >= 4 is 21.9 Å². The third-order valence-corrected chi connectivity index (χ3v) is 5.78. The van der Waals surface area contributed by atoms with Gasteiger partial charge in [0.2, 0.25) is 0 Å². The second-order valence-corrected chi connectivity index (χ2v) is 7.94. The summed E-state index contributed by atoms with van der Waals surface area (Å²) in [6.07, 6.45) is -3.74. The van der Waals surface area contributed by atoms with Gasteiger partial charge in [-0.05, 0) is 55.8 Å². The molecule has 2 aromatic rings. The van der Waals surface area contributed by atoms with E-state index in [1.54, 1.807) is 24.3 Å². The van der Waals surface area contributed by atoms with Crippen molar-refractivity contribution in [3.63, 3.8) is 0 Å². The number of carbonyl (C=O) groups is 1. The van der Waals surface area contributed by atoms with Crippen molar-refractivity contribution < 1.29 is 27.8 Å². The average Bonchev–Trinajstić information content (AvgIpc) is 2.68. The maximum Gasteiger partial charge on any atom is 0.416 e. The Kier molecular flexibility index (Phi) is 6.53. The summed E-state index contributed by atoms with van der Waals surface area (Å²) in [5.41, 5.74) is 0.0323. The standard InChI is InChI=1S/C21H21BrF3NO3/c1-29-18-7-6-14(22)12-16(18)19(26-10-8-13(9-11-26)20(27)28)15-4-2-3-5-17(15)21(23,24)25/h2-7,12-13,19H,8-11H2,1H3,(H,27,28). The Morgan fingerprint density at radius 3 is 2.41 bits per heavy atom. The highest BCUT2D eigenvalue weighted by Gasteiger charge is 2.39. The van der Waals surface area contributed by atoms with Gasteiger partial charge in [-0.2, -0.15) is 13.2 Å². The van der Waals surface area contributed by atoms with Gasteiger partial charge in [-0.1, -0.05) is 34.1 Å². The molecule has 1 N–H and O–H groups in total. The van der Waals surface area contributed by atoms with E-state index in [-0.39, 0.29) is 5.56 Å². The molecular weight excluding hydrogens is 451 g/mol. The van der Waals surface area contributed by atoms with Crippen LogP contribution < -0.4 is 4.74 Å². The number of benzene rings is 2. The van der Waals surface area contributed by atoms with Gasteiger partial charge in [0.15, 0.2) is 0 Å². The monoisotopic (exact) mass is 471 g/mol. The molecule has 0 bridgehead atoms. The zero-order valence-corrected chi connectivity index (χ0v) is 17.3. The minimum absolute atomic E-state index is 0.130. The normalized spacial score (nSPS) is 17.1. The molecule has 3 rings (SSSR count). The summed E-state index contributed by atoms with van der Waals surface area (Å²) < 4.78 is 47.5. The number of rotatable bonds is 5. The Morgan fingerprint density at radius 1 is 1.17 bits per heavy atom. The number of likely N-dealkylation sites (tertiary alicyclic amines) is 1. The predicted molar refractivity (Wildman–Crippen MR) is 106 cm³/mol. The maximum atomic E-state index is 13.8. The summed E-state index contributed by atoms with van der Waals surface area (Å²) in [6.45, 7) is 0.757. The number of hydrogen-bond acceptors (Lipinski definition) is 3. The zero-order valence-electron chi connectivity index (χ0n) is 15.7. The average molecular weight is 472 g/mol. The number of carboxylic acid groups (broad SMARTS) is 1. The predicted octanol–water partition coefficient (Wildman–Crippen LogP) is 5.36. The maximum absolute atomic E-state index is 13.8. The minimum atomic E-state index is -4.51. The summed E-state index contributed by atoms with van der Waals surface area (Å²) in [4.78, 5) is 13.2. The first-order valence-electron chi connectivity index (χ1n) is 9.18. The van der Waals surface area contributed by atoms with E-state index in [1.807, 2.05) is 4.90 Å². The minimum Gasteiger partial charge on any atom is -0.496 e. The van der Waals surface area contributed by atoms with Crippen LogP contribution in [-0.4, -0.2) is 36.2 Å². The summed E-state index contributed by atoms with van der Waals surface area (Å²) in [5, 5.41) is 9.27. The molecule has 0 amide bonds. The molecule has 1 atom stereocenters. The molecule has 2 aromatic carbocycles.